The number of quaternary nitrogens is 2. The lowest BCUT2D eigenvalue weighted by molar-refractivity contribution is -1.02. The van der Waals surface area contributed by atoms with Crippen molar-refractivity contribution in [3.63, 3.8) is 0 Å². The molecule has 152 valence electrons. The molecule has 0 aromatic heterocycles. The summed E-state index contributed by atoms with van der Waals surface area (Å²) in [7, 11) is 0. The highest BCUT2D eigenvalue weighted by atomic mass is 35.5. The highest BCUT2D eigenvalue weighted by Crippen LogP contribution is 2.37. The first-order chi connectivity index (χ1) is 13.5. The standard InChI is InChI=1S/C21H29ClN4O2/c1-16-5-2-3-8-21(16)19(27)26(20(28)23-21)15-25-11-9-24(10-12-25)14-17-6-4-7-18(22)13-17/h4,6-7,13,16H,2-3,5,8-12,14-15H2,1H3,(H,23,28)/p+2/t16-,21-/m0/s1. The summed E-state index contributed by atoms with van der Waals surface area (Å²) in [5, 5.41) is 3.84. The van der Waals surface area contributed by atoms with Crippen LogP contribution < -0.4 is 15.1 Å². The lowest BCUT2D eigenvalue weighted by Gasteiger charge is -2.37. The van der Waals surface area contributed by atoms with Crippen LogP contribution in [-0.2, 0) is 11.3 Å². The van der Waals surface area contributed by atoms with Crippen LogP contribution in [-0.4, -0.2) is 55.2 Å². The van der Waals surface area contributed by atoms with Gasteiger partial charge in [0.25, 0.3) is 5.91 Å². The Labute approximate surface area is 171 Å². The summed E-state index contributed by atoms with van der Waals surface area (Å²) in [5.74, 6) is 0.225. The predicted molar refractivity (Wildman–Crippen MR) is 107 cm³/mol. The number of urea groups is 1. The second kappa shape index (κ2) is 8.01. The number of carbonyl (C=O) groups is 2. The molecule has 3 aliphatic rings. The van der Waals surface area contributed by atoms with Crippen molar-refractivity contribution < 1.29 is 19.4 Å². The number of rotatable bonds is 4. The van der Waals surface area contributed by atoms with Gasteiger partial charge in [-0.3, -0.25) is 4.79 Å². The lowest BCUT2D eigenvalue weighted by atomic mass is 9.73. The molecule has 0 radical (unpaired) electrons. The van der Waals surface area contributed by atoms with Crippen LogP contribution in [0.15, 0.2) is 24.3 Å². The number of nitrogens with zero attached hydrogens (tertiary/aromatic N) is 1. The molecular weight excluding hydrogens is 376 g/mol. The highest BCUT2D eigenvalue weighted by Gasteiger charge is 2.55. The van der Waals surface area contributed by atoms with E-state index in [1.807, 2.05) is 18.2 Å². The molecule has 3 amide bonds. The number of halogens is 1. The molecule has 28 heavy (non-hydrogen) atoms. The molecule has 1 saturated carbocycles. The minimum atomic E-state index is -0.644. The lowest BCUT2D eigenvalue weighted by Crippen LogP contribution is -3.28. The topological polar surface area (TPSA) is 58.3 Å². The van der Waals surface area contributed by atoms with E-state index in [2.05, 4.69) is 18.3 Å². The van der Waals surface area contributed by atoms with E-state index in [1.165, 1.54) is 20.3 Å². The normalized spacial score (nSPS) is 33.4. The van der Waals surface area contributed by atoms with Crippen LogP contribution in [0.4, 0.5) is 4.79 Å². The third-order valence-electron chi connectivity index (χ3n) is 6.89. The predicted octanol–water partition coefficient (Wildman–Crippen LogP) is 0.0816. The van der Waals surface area contributed by atoms with Gasteiger partial charge in [0.15, 0.2) is 6.67 Å². The van der Waals surface area contributed by atoms with Crippen LogP contribution >= 0.6 is 11.6 Å². The first kappa shape index (κ1) is 19.7. The van der Waals surface area contributed by atoms with Crippen molar-refractivity contribution in [1.82, 2.24) is 10.2 Å². The molecular formula is C21H31ClN4O2+2. The Morgan fingerprint density at radius 2 is 1.93 bits per heavy atom. The Balaban J connectivity index is 1.32. The fourth-order valence-electron chi connectivity index (χ4n) is 5.09. The monoisotopic (exact) mass is 406 g/mol. The number of hydrogen-bond acceptors (Lipinski definition) is 2. The Bertz CT molecular complexity index is 750. The quantitative estimate of drug-likeness (QED) is 0.620. The Morgan fingerprint density at radius 3 is 2.64 bits per heavy atom. The zero-order valence-corrected chi connectivity index (χ0v) is 17.4. The second-order valence-electron chi connectivity index (χ2n) is 8.75. The maximum atomic E-state index is 13.1. The summed E-state index contributed by atoms with van der Waals surface area (Å²) in [5.41, 5.74) is 0.613. The van der Waals surface area contributed by atoms with Gasteiger partial charge in [-0.1, -0.05) is 43.5 Å². The molecule has 1 aliphatic carbocycles. The Hall–Kier alpha value is -1.63. The minimum Gasteiger partial charge on any atom is -0.323 e. The fourth-order valence-corrected chi connectivity index (χ4v) is 5.30. The van der Waals surface area contributed by atoms with Gasteiger partial charge in [0.1, 0.15) is 38.3 Å². The molecule has 2 aliphatic heterocycles. The SMILES string of the molecule is C[C@H]1CCCC[C@]12NC(=O)N(C[NH+]1CC[NH+](Cc3cccc(Cl)c3)CC1)C2=O. The van der Waals surface area contributed by atoms with Gasteiger partial charge >= 0.3 is 6.03 Å². The first-order valence-corrected chi connectivity index (χ1v) is 10.9. The molecule has 3 fully saturated rings. The van der Waals surface area contributed by atoms with Crippen molar-refractivity contribution in [3.8, 4) is 0 Å². The minimum absolute atomic E-state index is 0.00547. The molecule has 7 heteroatoms. The Kier molecular flexibility index (Phi) is 5.63. The van der Waals surface area contributed by atoms with Gasteiger partial charge in [-0.25, -0.2) is 9.69 Å². The molecule has 0 bridgehead atoms. The first-order valence-electron chi connectivity index (χ1n) is 10.5. The molecule has 0 unspecified atom stereocenters. The zero-order valence-electron chi connectivity index (χ0n) is 16.6. The highest BCUT2D eigenvalue weighted by molar-refractivity contribution is 6.30. The van der Waals surface area contributed by atoms with E-state index in [0.717, 1.165) is 63.4 Å². The molecule has 4 rings (SSSR count). The average molecular weight is 407 g/mol. The third kappa shape index (κ3) is 3.78. The molecule has 1 aromatic carbocycles. The fraction of sp³-hybridized carbons (Fsp3) is 0.619. The molecule has 6 nitrogen and oxygen atoms in total. The van der Waals surface area contributed by atoms with E-state index in [0.29, 0.717) is 6.67 Å². The van der Waals surface area contributed by atoms with Crippen molar-refractivity contribution in [2.45, 2.75) is 44.7 Å². The number of carbonyl (C=O) groups excluding carboxylic acids is 2. The van der Waals surface area contributed by atoms with Gasteiger partial charge in [-0.05, 0) is 30.9 Å². The number of imide groups is 1. The number of amides is 3. The summed E-state index contributed by atoms with van der Waals surface area (Å²) >= 11 is 6.09. The smallest absolute Gasteiger partial charge is 0.323 e. The molecule has 2 saturated heterocycles. The molecule has 1 aromatic rings. The van der Waals surface area contributed by atoms with Gasteiger partial charge < -0.3 is 15.1 Å². The second-order valence-corrected chi connectivity index (χ2v) is 9.18. The molecule has 2 heterocycles. The summed E-state index contributed by atoms with van der Waals surface area (Å²) < 4.78 is 0. The van der Waals surface area contributed by atoms with E-state index in [9.17, 15) is 9.59 Å². The van der Waals surface area contributed by atoms with Crippen molar-refractivity contribution >= 4 is 23.5 Å². The molecule has 1 spiro atoms. The summed E-state index contributed by atoms with van der Waals surface area (Å²) in [4.78, 5) is 30.0. The number of nitrogens with one attached hydrogen (secondary N) is 3. The summed E-state index contributed by atoms with van der Waals surface area (Å²) in [6.07, 6.45) is 3.96. The number of piperazine rings is 1. The zero-order chi connectivity index (χ0) is 19.7. The van der Waals surface area contributed by atoms with E-state index >= 15 is 0 Å². The van der Waals surface area contributed by atoms with Gasteiger partial charge in [-0.15, -0.1) is 0 Å². The van der Waals surface area contributed by atoms with Crippen molar-refractivity contribution in [1.29, 1.82) is 0 Å². The van der Waals surface area contributed by atoms with E-state index in [4.69, 9.17) is 11.6 Å². The van der Waals surface area contributed by atoms with Crippen LogP contribution in [0.5, 0.6) is 0 Å². The van der Waals surface area contributed by atoms with Crippen LogP contribution in [0.2, 0.25) is 5.02 Å². The van der Waals surface area contributed by atoms with Crippen molar-refractivity contribution in [3.05, 3.63) is 34.9 Å². The van der Waals surface area contributed by atoms with Gasteiger partial charge in [0, 0.05) is 10.6 Å². The van der Waals surface area contributed by atoms with E-state index in [-0.39, 0.29) is 17.9 Å². The van der Waals surface area contributed by atoms with Crippen LogP contribution in [0, 0.1) is 5.92 Å². The molecule has 3 N–H and O–H groups in total. The van der Waals surface area contributed by atoms with Gasteiger partial charge in [-0.2, -0.15) is 0 Å². The number of benzene rings is 1. The van der Waals surface area contributed by atoms with Crippen molar-refractivity contribution in [2.75, 3.05) is 32.8 Å². The van der Waals surface area contributed by atoms with Crippen LogP contribution in [0.3, 0.4) is 0 Å². The van der Waals surface area contributed by atoms with Gasteiger partial charge in [0.05, 0.1) is 0 Å². The summed E-state index contributed by atoms with van der Waals surface area (Å²) in [6.45, 7) is 7.57. The van der Waals surface area contributed by atoms with Crippen LogP contribution in [0.1, 0.15) is 38.2 Å². The largest absolute Gasteiger partial charge is 0.329 e. The maximum absolute atomic E-state index is 13.1. The van der Waals surface area contributed by atoms with E-state index < -0.39 is 5.54 Å². The molecule has 2 atom stereocenters. The Morgan fingerprint density at radius 1 is 1.18 bits per heavy atom. The summed E-state index contributed by atoms with van der Waals surface area (Å²) in [6, 6.07) is 7.86. The van der Waals surface area contributed by atoms with Gasteiger partial charge in [0.2, 0.25) is 0 Å². The van der Waals surface area contributed by atoms with Crippen molar-refractivity contribution in [2.24, 2.45) is 5.92 Å². The maximum Gasteiger partial charge on any atom is 0.329 e. The van der Waals surface area contributed by atoms with E-state index in [1.54, 1.807) is 0 Å². The average Bonchev–Trinajstić information content (AvgIpc) is 2.91. The third-order valence-corrected chi connectivity index (χ3v) is 7.13. The number of hydrogen-bond donors (Lipinski definition) is 3. The van der Waals surface area contributed by atoms with Crippen LogP contribution in [0.25, 0.3) is 0 Å².